The minimum absolute atomic E-state index is 0.184. The standard InChI is InChI=1S/C23H37N5O2/c24-12-4-2-1-3-5-13-27-14-16-28(17-15-27)18-19-6-8-20(9-7-19)25-21-10-11-22(29)26-23(21)30/h6-9,21,25H,1-5,10-18,24H2,(H,26,29,30). The number of piperidine rings is 1. The zero-order chi connectivity index (χ0) is 21.2. The predicted octanol–water partition coefficient (Wildman–Crippen LogP) is 1.93. The summed E-state index contributed by atoms with van der Waals surface area (Å²) in [6.07, 6.45) is 7.29. The number of carbonyl (C=O) groups is 2. The Morgan fingerprint density at radius 2 is 1.60 bits per heavy atom. The fourth-order valence-electron chi connectivity index (χ4n) is 4.18. The van der Waals surface area contributed by atoms with Crippen molar-refractivity contribution < 1.29 is 9.59 Å². The molecule has 2 fully saturated rings. The number of hydrogen-bond donors (Lipinski definition) is 3. The molecule has 166 valence electrons. The zero-order valence-corrected chi connectivity index (χ0v) is 18.1. The van der Waals surface area contributed by atoms with Crippen molar-refractivity contribution >= 4 is 17.5 Å². The van der Waals surface area contributed by atoms with Gasteiger partial charge in [0.1, 0.15) is 6.04 Å². The van der Waals surface area contributed by atoms with Gasteiger partial charge in [0.2, 0.25) is 11.8 Å². The van der Waals surface area contributed by atoms with Gasteiger partial charge in [0.05, 0.1) is 0 Å². The van der Waals surface area contributed by atoms with E-state index in [4.69, 9.17) is 5.73 Å². The second-order valence-electron chi connectivity index (χ2n) is 8.52. The summed E-state index contributed by atoms with van der Waals surface area (Å²) in [6, 6.07) is 7.98. The van der Waals surface area contributed by atoms with Crippen molar-refractivity contribution in [1.82, 2.24) is 15.1 Å². The van der Waals surface area contributed by atoms with E-state index in [0.29, 0.717) is 12.8 Å². The maximum atomic E-state index is 11.9. The first-order valence-corrected chi connectivity index (χ1v) is 11.5. The second kappa shape index (κ2) is 12.0. The normalized spacial score (nSPS) is 20.9. The lowest BCUT2D eigenvalue weighted by molar-refractivity contribution is -0.133. The van der Waals surface area contributed by atoms with Gasteiger partial charge in [-0.2, -0.15) is 0 Å². The van der Waals surface area contributed by atoms with Gasteiger partial charge in [-0.3, -0.25) is 19.8 Å². The number of hydrogen-bond acceptors (Lipinski definition) is 6. The molecular weight excluding hydrogens is 378 g/mol. The summed E-state index contributed by atoms with van der Waals surface area (Å²) in [5, 5.41) is 5.62. The highest BCUT2D eigenvalue weighted by Gasteiger charge is 2.26. The molecule has 2 heterocycles. The lowest BCUT2D eigenvalue weighted by atomic mass is 10.1. The van der Waals surface area contributed by atoms with E-state index >= 15 is 0 Å². The Morgan fingerprint density at radius 3 is 2.30 bits per heavy atom. The largest absolute Gasteiger partial charge is 0.374 e. The number of rotatable bonds is 11. The molecule has 0 aliphatic carbocycles. The fraction of sp³-hybridized carbons (Fsp3) is 0.652. The van der Waals surface area contributed by atoms with Crippen LogP contribution >= 0.6 is 0 Å². The van der Waals surface area contributed by atoms with Crippen LogP contribution < -0.4 is 16.4 Å². The van der Waals surface area contributed by atoms with Gasteiger partial charge in [-0.25, -0.2) is 0 Å². The summed E-state index contributed by atoms with van der Waals surface area (Å²) in [4.78, 5) is 28.2. The highest BCUT2D eigenvalue weighted by molar-refractivity contribution is 6.01. The number of anilines is 1. The monoisotopic (exact) mass is 415 g/mol. The van der Waals surface area contributed by atoms with Gasteiger partial charge in [-0.05, 0) is 50.0 Å². The highest BCUT2D eigenvalue weighted by Crippen LogP contribution is 2.16. The lowest BCUT2D eigenvalue weighted by Crippen LogP contribution is -2.47. The average Bonchev–Trinajstić information content (AvgIpc) is 2.75. The second-order valence-corrected chi connectivity index (χ2v) is 8.52. The molecule has 30 heavy (non-hydrogen) atoms. The summed E-state index contributed by atoms with van der Waals surface area (Å²) in [7, 11) is 0. The molecule has 1 aromatic rings. The number of nitrogens with zero attached hydrogens (tertiary/aromatic N) is 2. The van der Waals surface area contributed by atoms with Gasteiger partial charge in [0.15, 0.2) is 0 Å². The van der Waals surface area contributed by atoms with Crippen molar-refractivity contribution in [3.63, 3.8) is 0 Å². The molecule has 0 radical (unpaired) electrons. The van der Waals surface area contributed by atoms with Crippen molar-refractivity contribution in [2.75, 3.05) is 44.6 Å². The number of carbonyl (C=O) groups excluding carboxylic acids is 2. The molecule has 1 atom stereocenters. The van der Waals surface area contributed by atoms with Gasteiger partial charge < -0.3 is 16.0 Å². The summed E-state index contributed by atoms with van der Waals surface area (Å²) in [5.74, 6) is -0.417. The molecule has 0 aromatic heterocycles. The first-order chi connectivity index (χ1) is 14.6. The molecule has 2 aliphatic heterocycles. The number of imide groups is 1. The van der Waals surface area contributed by atoms with E-state index in [1.54, 1.807) is 0 Å². The molecule has 1 unspecified atom stereocenters. The van der Waals surface area contributed by atoms with Crippen LogP contribution in [0.25, 0.3) is 0 Å². The molecule has 7 nitrogen and oxygen atoms in total. The molecule has 1 aromatic carbocycles. The number of nitrogens with one attached hydrogen (secondary N) is 2. The molecule has 0 bridgehead atoms. The summed E-state index contributed by atoms with van der Waals surface area (Å²) in [5.41, 5.74) is 7.75. The minimum Gasteiger partial charge on any atom is -0.374 e. The van der Waals surface area contributed by atoms with Gasteiger partial charge in [0.25, 0.3) is 0 Å². The van der Waals surface area contributed by atoms with Crippen molar-refractivity contribution in [2.45, 2.75) is 57.5 Å². The smallest absolute Gasteiger partial charge is 0.249 e. The van der Waals surface area contributed by atoms with Crippen LogP contribution in [0.2, 0.25) is 0 Å². The maximum Gasteiger partial charge on any atom is 0.249 e. The Labute approximate surface area is 180 Å². The molecule has 3 rings (SSSR count). The van der Waals surface area contributed by atoms with Crippen LogP contribution in [0.5, 0.6) is 0 Å². The summed E-state index contributed by atoms with van der Waals surface area (Å²) < 4.78 is 0. The van der Waals surface area contributed by atoms with Crippen LogP contribution in [-0.2, 0) is 16.1 Å². The molecule has 2 aliphatic rings. The number of amides is 2. The van der Waals surface area contributed by atoms with Gasteiger partial charge in [-0.15, -0.1) is 0 Å². The predicted molar refractivity (Wildman–Crippen MR) is 120 cm³/mol. The van der Waals surface area contributed by atoms with Gasteiger partial charge in [0, 0.05) is 44.8 Å². The first-order valence-electron chi connectivity index (χ1n) is 11.5. The van der Waals surface area contributed by atoms with Crippen molar-refractivity contribution in [1.29, 1.82) is 0 Å². The lowest BCUT2D eigenvalue weighted by Gasteiger charge is -2.34. The molecule has 7 heteroatoms. The minimum atomic E-state index is -0.331. The number of nitrogens with two attached hydrogens (primary N) is 1. The first kappa shape index (κ1) is 22.7. The van der Waals surface area contributed by atoms with Crippen LogP contribution in [0.15, 0.2) is 24.3 Å². The third-order valence-electron chi connectivity index (χ3n) is 6.08. The molecular formula is C23H37N5O2. The van der Waals surface area contributed by atoms with Crippen LogP contribution in [0.4, 0.5) is 5.69 Å². The average molecular weight is 416 g/mol. The molecule has 2 amide bonds. The number of piperazine rings is 1. The van der Waals surface area contributed by atoms with Gasteiger partial charge in [-0.1, -0.05) is 31.4 Å². The van der Waals surface area contributed by atoms with Crippen molar-refractivity contribution in [2.24, 2.45) is 5.73 Å². The Hall–Kier alpha value is -1.96. The van der Waals surface area contributed by atoms with Gasteiger partial charge >= 0.3 is 0 Å². The Bertz CT molecular complexity index is 671. The van der Waals surface area contributed by atoms with E-state index in [1.807, 2.05) is 12.1 Å². The van der Waals surface area contributed by atoms with E-state index in [1.165, 1.54) is 37.8 Å². The molecule has 0 spiro atoms. The van der Waals surface area contributed by atoms with Crippen LogP contribution in [0.3, 0.4) is 0 Å². The van der Waals surface area contributed by atoms with Crippen molar-refractivity contribution in [3.8, 4) is 0 Å². The molecule has 2 saturated heterocycles. The van der Waals surface area contributed by atoms with Crippen LogP contribution in [-0.4, -0.2) is 66.9 Å². The quantitative estimate of drug-likeness (QED) is 0.378. The summed E-state index contributed by atoms with van der Waals surface area (Å²) >= 11 is 0. The van der Waals surface area contributed by atoms with Crippen molar-refractivity contribution in [3.05, 3.63) is 29.8 Å². The van der Waals surface area contributed by atoms with E-state index < -0.39 is 0 Å². The molecule has 0 saturated carbocycles. The Morgan fingerprint density at radius 1 is 0.933 bits per heavy atom. The topological polar surface area (TPSA) is 90.7 Å². The third-order valence-corrected chi connectivity index (χ3v) is 6.08. The SMILES string of the molecule is NCCCCCCCN1CCN(Cc2ccc(NC3CCC(=O)NC3=O)cc2)CC1. The fourth-order valence-corrected chi connectivity index (χ4v) is 4.18. The van der Waals surface area contributed by atoms with E-state index in [2.05, 4.69) is 32.6 Å². The number of benzene rings is 1. The maximum absolute atomic E-state index is 11.9. The van der Waals surface area contributed by atoms with E-state index in [-0.39, 0.29) is 17.9 Å². The van der Waals surface area contributed by atoms with Crippen LogP contribution in [0, 0.1) is 0 Å². The number of unbranched alkanes of at least 4 members (excludes halogenated alkanes) is 4. The third kappa shape index (κ3) is 7.38. The van der Waals surface area contributed by atoms with Crippen LogP contribution in [0.1, 0.15) is 50.5 Å². The van der Waals surface area contributed by atoms with E-state index in [0.717, 1.165) is 51.4 Å². The van der Waals surface area contributed by atoms with E-state index in [9.17, 15) is 9.59 Å². The Balaban J connectivity index is 1.33. The summed E-state index contributed by atoms with van der Waals surface area (Å²) in [6.45, 7) is 7.53. The zero-order valence-electron chi connectivity index (χ0n) is 18.1. The highest BCUT2D eigenvalue weighted by atomic mass is 16.2. The Kier molecular flexibility index (Phi) is 9.11. The molecule has 4 N–H and O–H groups in total.